The van der Waals surface area contributed by atoms with Crippen molar-refractivity contribution in [1.82, 2.24) is 20.4 Å². The second-order valence-corrected chi connectivity index (χ2v) is 6.71. The van der Waals surface area contributed by atoms with Gasteiger partial charge in [0.25, 0.3) is 0 Å². The van der Waals surface area contributed by atoms with Crippen LogP contribution in [0.2, 0.25) is 0 Å². The number of likely N-dealkylation sites (tertiary alicyclic amines) is 1. The summed E-state index contributed by atoms with van der Waals surface area (Å²) >= 11 is 0. The maximum Gasteiger partial charge on any atom is 0.193 e. The SMILES string of the molecule is CCNC(=NCCCc1cn[nH]c1C)N1CC(C)CC(C)C1. The Kier molecular flexibility index (Phi) is 6.28. The first kappa shape index (κ1) is 16.8. The Morgan fingerprint density at radius 1 is 1.41 bits per heavy atom. The van der Waals surface area contributed by atoms with E-state index in [9.17, 15) is 0 Å². The van der Waals surface area contributed by atoms with Gasteiger partial charge in [0, 0.05) is 31.9 Å². The second kappa shape index (κ2) is 8.20. The number of nitrogens with one attached hydrogen (secondary N) is 2. The zero-order valence-corrected chi connectivity index (χ0v) is 14.5. The lowest BCUT2D eigenvalue weighted by atomic mass is 9.92. The number of piperidine rings is 1. The molecule has 2 N–H and O–H groups in total. The van der Waals surface area contributed by atoms with Crippen molar-refractivity contribution in [3.8, 4) is 0 Å². The van der Waals surface area contributed by atoms with E-state index in [0.717, 1.165) is 56.8 Å². The average Bonchev–Trinajstić information content (AvgIpc) is 2.86. The lowest BCUT2D eigenvalue weighted by molar-refractivity contribution is 0.208. The van der Waals surface area contributed by atoms with E-state index in [-0.39, 0.29) is 0 Å². The molecule has 1 saturated heterocycles. The van der Waals surface area contributed by atoms with Crippen LogP contribution in [0.25, 0.3) is 0 Å². The third kappa shape index (κ3) is 4.75. The quantitative estimate of drug-likeness (QED) is 0.499. The van der Waals surface area contributed by atoms with Gasteiger partial charge in [-0.3, -0.25) is 10.1 Å². The Bertz CT molecular complexity index is 469. The first-order valence-corrected chi connectivity index (χ1v) is 8.62. The van der Waals surface area contributed by atoms with Crippen LogP contribution in [0.15, 0.2) is 11.2 Å². The van der Waals surface area contributed by atoms with Crippen LogP contribution in [0.3, 0.4) is 0 Å². The molecular formula is C17H31N5. The van der Waals surface area contributed by atoms with Crippen molar-refractivity contribution < 1.29 is 0 Å². The first-order valence-electron chi connectivity index (χ1n) is 8.62. The highest BCUT2D eigenvalue weighted by Gasteiger charge is 2.23. The number of hydrogen-bond donors (Lipinski definition) is 2. The number of aliphatic imine (C=N–C) groups is 1. The van der Waals surface area contributed by atoms with Crippen LogP contribution in [0, 0.1) is 18.8 Å². The number of hydrogen-bond acceptors (Lipinski definition) is 2. The van der Waals surface area contributed by atoms with Gasteiger partial charge >= 0.3 is 0 Å². The van der Waals surface area contributed by atoms with Gasteiger partial charge in [-0.25, -0.2) is 0 Å². The maximum atomic E-state index is 4.84. The van der Waals surface area contributed by atoms with Gasteiger partial charge < -0.3 is 10.2 Å². The van der Waals surface area contributed by atoms with Crippen molar-refractivity contribution in [3.63, 3.8) is 0 Å². The third-order valence-electron chi connectivity index (χ3n) is 4.30. The Hall–Kier alpha value is -1.52. The molecule has 2 heterocycles. The van der Waals surface area contributed by atoms with E-state index in [1.165, 1.54) is 17.7 Å². The lowest BCUT2D eigenvalue weighted by Crippen LogP contribution is -2.48. The highest BCUT2D eigenvalue weighted by Crippen LogP contribution is 2.20. The minimum Gasteiger partial charge on any atom is -0.357 e. The highest BCUT2D eigenvalue weighted by atomic mass is 15.3. The summed E-state index contributed by atoms with van der Waals surface area (Å²) in [6.45, 7) is 12.9. The summed E-state index contributed by atoms with van der Waals surface area (Å²) in [5.74, 6) is 2.59. The van der Waals surface area contributed by atoms with Gasteiger partial charge in [-0.05, 0) is 50.5 Å². The summed E-state index contributed by atoms with van der Waals surface area (Å²) in [5.41, 5.74) is 2.48. The van der Waals surface area contributed by atoms with Crippen LogP contribution in [-0.2, 0) is 6.42 Å². The predicted molar refractivity (Wildman–Crippen MR) is 92.1 cm³/mol. The van der Waals surface area contributed by atoms with Crippen LogP contribution in [-0.4, -0.2) is 47.2 Å². The van der Waals surface area contributed by atoms with Gasteiger partial charge in [0.1, 0.15) is 0 Å². The van der Waals surface area contributed by atoms with Crippen molar-refractivity contribution in [3.05, 3.63) is 17.5 Å². The van der Waals surface area contributed by atoms with E-state index in [4.69, 9.17) is 4.99 Å². The van der Waals surface area contributed by atoms with E-state index in [1.54, 1.807) is 0 Å². The molecule has 0 aromatic carbocycles. The molecule has 0 saturated carbocycles. The maximum absolute atomic E-state index is 4.84. The van der Waals surface area contributed by atoms with Gasteiger partial charge in [0.2, 0.25) is 0 Å². The minimum absolute atomic E-state index is 0.751. The Morgan fingerprint density at radius 2 is 2.14 bits per heavy atom. The van der Waals surface area contributed by atoms with Crippen LogP contribution >= 0.6 is 0 Å². The van der Waals surface area contributed by atoms with E-state index in [0.29, 0.717) is 0 Å². The van der Waals surface area contributed by atoms with Crippen LogP contribution < -0.4 is 5.32 Å². The number of nitrogens with zero attached hydrogens (tertiary/aromatic N) is 3. The van der Waals surface area contributed by atoms with Crippen molar-refractivity contribution in [2.45, 2.75) is 47.0 Å². The van der Waals surface area contributed by atoms with Crippen molar-refractivity contribution in [2.75, 3.05) is 26.2 Å². The molecule has 0 aliphatic carbocycles. The fourth-order valence-corrected chi connectivity index (χ4v) is 3.34. The monoisotopic (exact) mass is 305 g/mol. The highest BCUT2D eigenvalue weighted by molar-refractivity contribution is 5.80. The van der Waals surface area contributed by atoms with E-state index >= 15 is 0 Å². The topological polar surface area (TPSA) is 56.3 Å². The van der Waals surface area contributed by atoms with Gasteiger partial charge in [-0.2, -0.15) is 5.10 Å². The normalized spacial score (nSPS) is 22.9. The largest absolute Gasteiger partial charge is 0.357 e. The summed E-state index contributed by atoms with van der Waals surface area (Å²) in [7, 11) is 0. The molecule has 0 amide bonds. The number of aryl methyl sites for hydroxylation is 2. The van der Waals surface area contributed by atoms with E-state index in [1.807, 2.05) is 6.20 Å². The van der Waals surface area contributed by atoms with E-state index < -0.39 is 0 Å². The smallest absolute Gasteiger partial charge is 0.193 e. The molecule has 0 bridgehead atoms. The van der Waals surface area contributed by atoms with Gasteiger partial charge in [0.05, 0.1) is 6.20 Å². The fourth-order valence-electron chi connectivity index (χ4n) is 3.34. The molecule has 2 atom stereocenters. The number of aromatic amines is 1. The van der Waals surface area contributed by atoms with Crippen LogP contribution in [0.1, 0.15) is 44.9 Å². The zero-order chi connectivity index (χ0) is 15.9. The molecule has 2 rings (SSSR count). The summed E-state index contributed by atoms with van der Waals surface area (Å²) in [5, 5.41) is 10.5. The minimum atomic E-state index is 0.751. The zero-order valence-electron chi connectivity index (χ0n) is 14.5. The molecule has 1 aliphatic heterocycles. The molecule has 5 nitrogen and oxygen atoms in total. The molecule has 124 valence electrons. The number of H-pyrrole nitrogens is 1. The summed E-state index contributed by atoms with van der Waals surface area (Å²) in [6.07, 6.45) is 5.36. The number of aromatic nitrogens is 2. The summed E-state index contributed by atoms with van der Waals surface area (Å²) < 4.78 is 0. The molecule has 1 fully saturated rings. The van der Waals surface area contributed by atoms with Crippen molar-refractivity contribution in [1.29, 1.82) is 0 Å². The van der Waals surface area contributed by atoms with Gasteiger partial charge in [0.15, 0.2) is 5.96 Å². The average molecular weight is 305 g/mol. The van der Waals surface area contributed by atoms with Gasteiger partial charge in [-0.1, -0.05) is 13.8 Å². The van der Waals surface area contributed by atoms with Crippen molar-refractivity contribution >= 4 is 5.96 Å². The van der Waals surface area contributed by atoms with Gasteiger partial charge in [-0.15, -0.1) is 0 Å². The van der Waals surface area contributed by atoms with E-state index in [2.05, 4.69) is 48.1 Å². The number of guanidine groups is 1. The predicted octanol–water partition coefficient (Wildman–Crippen LogP) is 2.59. The van der Waals surface area contributed by atoms with Crippen LogP contribution in [0.4, 0.5) is 0 Å². The van der Waals surface area contributed by atoms with Crippen molar-refractivity contribution in [2.24, 2.45) is 16.8 Å². The third-order valence-corrected chi connectivity index (χ3v) is 4.30. The Morgan fingerprint density at radius 3 is 2.73 bits per heavy atom. The first-order chi connectivity index (χ1) is 10.6. The Labute approximate surface area is 134 Å². The molecule has 1 aromatic heterocycles. The van der Waals surface area contributed by atoms with Crippen LogP contribution in [0.5, 0.6) is 0 Å². The molecule has 2 unspecified atom stereocenters. The summed E-state index contributed by atoms with van der Waals surface area (Å²) in [4.78, 5) is 7.27. The lowest BCUT2D eigenvalue weighted by Gasteiger charge is -2.37. The molecule has 1 aromatic rings. The number of rotatable bonds is 5. The molecule has 0 spiro atoms. The molecular weight excluding hydrogens is 274 g/mol. The fraction of sp³-hybridized carbons (Fsp3) is 0.765. The molecule has 0 radical (unpaired) electrons. The Balaban J connectivity index is 1.88. The summed E-state index contributed by atoms with van der Waals surface area (Å²) in [6, 6.07) is 0. The second-order valence-electron chi connectivity index (χ2n) is 6.71. The standard InChI is InChI=1S/C17H31N5/c1-5-18-17(22-11-13(2)9-14(3)12-22)19-8-6-7-16-10-20-21-15(16)4/h10,13-14H,5-9,11-12H2,1-4H3,(H,18,19)(H,20,21). The molecule has 5 heteroatoms. The molecule has 22 heavy (non-hydrogen) atoms. The molecule has 1 aliphatic rings.